The third-order valence-electron chi connectivity index (χ3n) is 5.05. The van der Waals surface area contributed by atoms with E-state index < -0.39 is 0 Å². The molecule has 1 N–H and O–H groups in total. The van der Waals surface area contributed by atoms with E-state index in [1.165, 1.54) is 69.4 Å². The van der Waals surface area contributed by atoms with Crippen molar-refractivity contribution in [2.24, 2.45) is 5.92 Å². The minimum atomic E-state index is 0.662. The van der Waals surface area contributed by atoms with Gasteiger partial charge in [0.1, 0.15) is 0 Å². The summed E-state index contributed by atoms with van der Waals surface area (Å²) in [5.41, 5.74) is 2.78. The van der Waals surface area contributed by atoms with Gasteiger partial charge < -0.3 is 10.2 Å². The van der Waals surface area contributed by atoms with Gasteiger partial charge in [-0.05, 0) is 50.2 Å². The molecule has 110 valence electrons. The summed E-state index contributed by atoms with van der Waals surface area (Å²) >= 11 is 0. The lowest BCUT2D eigenvalue weighted by atomic mass is 9.86. The number of hydrogen-bond donors (Lipinski definition) is 1. The van der Waals surface area contributed by atoms with Crippen LogP contribution in [0.1, 0.15) is 51.9 Å². The second kappa shape index (κ2) is 6.51. The Balaban J connectivity index is 1.75. The van der Waals surface area contributed by atoms with Crippen LogP contribution in [0.2, 0.25) is 0 Å². The van der Waals surface area contributed by atoms with Crippen LogP contribution in [-0.2, 0) is 0 Å². The number of hydrogen-bond acceptors (Lipinski definition) is 2. The van der Waals surface area contributed by atoms with Gasteiger partial charge in [0.2, 0.25) is 0 Å². The third kappa shape index (κ3) is 3.11. The first-order valence-corrected chi connectivity index (χ1v) is 8.45. The van der Waals surface area contributed by atoms with Crippen LogP contribution in [0.25, 0.3) is 0 Å². The Morgan fingerprint density at radius 3 is 2.50 bits per heavy atom. The molecule has 0 aromatic heterocycles. The van der Waals surface area contributed by atoms with Gasteiger partial charge >= 0.3 is 0 Å². The largest absolute Gasteiger partial charge is 0.380 e. The molecule has 1 aliphatic heterocycles. The zero-order valence-corrected chi connectivity index (χ0v) is 12.8. The van der Waals surface area contributed by atoms with Gasteiger partial charge in [-0.1, -0.05) is 31.9 Å². The van der Waals surface area contributed by atoms with Gasteiger partial charge in [-0.25, -0.2) is 0 Å². The van der Waals surface area contributed by atoms with Gasteiger partial charge in [-0.3, -0.25) is 0 Å². The Labute approximate surface area is 123 Å². The van der Waals surface area contributed by atoms with Crippen molar-refractivity contribution < 1.29 is 0 Å². The van der Waals surface area contributed by atoms with Crippen LogP contribution in [0.5, 0.6) is 0 Å². The second-order valence-electron chi connectivity index (χ2n) is 6.58. The van der Waals surface area contributed by atoms with Crippen molar-refractivity contribution in [3.8, 4) is 0 Å². The summed E-state index contributed by atoms with van der Waals surface area (Å²) < 4.78 is 0. The van der Waals surface area contributed by atoms with Gasteiger partial charge in [-0.15, -0.1) is 0 Å². The van der Waals surface area contributed by atoms with Crippen LogP contribution in [0.3, 0.4) is 0 Å². The zero-order valence-electron chi connectivity index (χ0n) is 12.8. The molecule has 20 heavy (non-hydrogen) atoms. The van der Waals surface area contributed by atoms with Crippen molar-refractivity contribution >= 4 is 11.4 Å². The molecule has 1 aromatic carbocycles. The van der Waals surface area contributed by atoms with Gasteiger partial charge in [-0.2, -0.15) is 0 Å². The van der Waals surface area contributed by atoms with Crippen LogP contribution in [-0.4, -0.2) is 19.1 Å². The van der Waals surface area contributed by atoms with Crippen molar-refractivity contribution in [1.29, 1.82) is 0 Å². The molecule has 1 aliphatic carbocycles. The van der Waals surface area contributed by atoms with E-state index in [-0.39, 0.29) is 0 Å². The van der Waals surface area contributed by atoms with Crippen LogP contribution >= 0.6 is 0 Å². The summed E-state index contributed by atoms with van der Waals surface area (Å²) in [6.07, 6.45) is 9.58. The standard InChI is InChI=1S/C18H28N2/c1-15-9-3-4-10-16(15)19-17-11-5-6-12-18(17)20-13-7-2-8-14-20/h5-6,11-12,15-16,19H,2-4,7-10,13-14H2,1H3. The third-order valence-corrected chi connectivity index (χ3v) is 5.05. The predicted octanol–water partition coefficient (Wildman–Crippen LogP) is 4.67. The molecule has 2 aliphatic rings. The Morgan fingerprint density at radius 1 is 0.950 bits per heavy atom. The van der Waals surface area contributed by atoms with Crippen molar-refractivity contribution in [2.45, 2.75) is 57.9 Å². The van der Waals surface area contributed by atoms with Crippen LogP contribution in [0.4, 0.5) is 11.4 Å². The highest BCUT2D eigenvalue weighted by Gasteiger charge is 2.22. The van der Waals surface area contributed by atoms with E-state index >= 15 is 0 Å². The molecule has 2 atom stereocenters. The first-order valence-electron chi connectivity index (χ1n) is 8.45. The lowest BCUT2D eigenvalue weighted by Crippen LogP contribution is -2.33. The minimum Gasteiger partial charge on any atom is -0.380 e. The van der Waals surface area contributed by atoms with Crippen molar-refractivity contribution in [3.05, 3.63) is 24.3 Å². The fraction of sp³-hybridized carbons (Fsp3) is 0.667. The first kappa shape index (κ1) is 13.8. The van der Waals surface area contributed by atoms with Gasteiger partial charge in [0.05, 0.1) is 11.4 Å². The highest BCUT2D eigenvalue weighted by Crippen LogP contribution is 2.32. The Kier molecular flexibility index (Phi) is 4.49. The van der Waals surface area contributed by atoms with E-state index in [4.69, 9.17) is 0 Å². The monoisotopic (exact) mass is 272 g/mol. The highest BCUT2D eigenvalue weighted by molar-refractivity contribution is 5.70. The summed E-state index contributed by atoms with van der Waals surface area (Å²) in [7, 11) is 0. The average molecular weight is 272 g/mol. The smallest absolute Gasteiger partial charge is 0.0602 e. The fourth-order valence-corrected chi connectivity index (χ4v) is 3.74. The molecule has 2 unspecified atom stereocenters. The quantitative estimate of drug-likeness (QED) is 0.860. The molecule has 1 saturated heterocycles. The van der Waals surface area contributed by atoms with Crippen LogP contribution in [0.15, 0.2) is 24.3 Å². The minimum absolute atomic E-state index is 0.662. The Bertz CT molecular complexity index is 423. The van der Waals surface area contributed by atoms with E-state index in [0.717, 1.165) is 5.92 Å². The predicted molar refractivity (Wildman–Crippen MR) is 87.5 cm³/mol. The molecule has 0 amide bonds. The van der Waals surface area contributed by atoms with E-state index in [0.29, 0.717) is 6.04 Å². The maximum Gasteiger partial charge on any atom is 0.0602 e. The first-order chi connectivity index (χ1) is 9.84. The normalized spacial score (nSPS) is 27.4. The number of piperidine rings is 1. The summed E-state index contributed by atoms with van der Waals surface area (Å²) in [6, 6.07) is 9.57. The molecular weight excluding hydrogens is 244 g/mol. The van der Waals surface area contributed by atoms with Crippen LogP contribution < -0.4 is 10.2 Å². The van der Waals surface area contributed by atoms with Crippen LogP contribution in [0, 0.1) is 5.92 Å². The Morgan fingerprint density at radius 2 is 1.70 bits per heavy atom. The highest BCUT2D eigenvalue weighted by atomic mass is 15.2. The lowest BCUT2D eigenvalue weighted by molar-refractivity contribution is 0.349. The number of nitrogens with zero attached hydrogens (tertiary/aromatic N) is 1. The van der Waals surface area contributed by atoms with E-state index in [2.05, 4.69) is 41.4 Å². The van der Waals surface area contributed by atoms with E-state index in [9.17, 15) is 0 Å². The molecule has 2 nitrogen and oxygen atoms in total. The number of anilines is 2. The lowest BCUT2D eigenvalue weighted by Gasteiger charge is -2.34. The zero-order chi connectivity index (χ0) is 13.8. The maximum absolute atomic E-state index is 3.85. The number of para-hydroxylation sites is 2. The molecule has 0 radical (unpaired) electrons. The maximum atomic E-state index is 3.85. The van der Waals surface area contributed by atoms with E-state index in [1.54, 1.807) is 0 Å². The van der Waals surface area contributed by atoms with Gasteiger partial charge in [0.15, 0.2) is 0 Å². The van der Waals surface area contributed by atoms with E-state index in [1.807, 2.05) is 0 Å². The summed E-state index contributed by atoms with van der Waals surface area (Å²) in [4.78, 5) is 2.57. The van der Waals surface area contributed by atoms with Gasteiger partial charge in [0.25, 0.3) is 0 Å². The topological polar surface area (TPSA) is 15.3 Å². The fourth-order valence-electron chi connectivity index (χ4n) is 3.74. The number of nitrogens with one attached hydrogen (secondary N) is 1. The molecule has 2 fully saturated rings. The molecule has 1 saturated carbocycles. The van der Waals surface area contributed by atoms with Crippen molar-refractivity contribution in [3.63, 3.8) is 0 Å². The molecule has 0 bridgehead atoms. The molecule has 2 heteroatoms. The van der Waals surface area contributed by atoms with Gasteiger partial charge in [0, 0.05) is 19.1 Å². The molecule has 3 rings (SSSR count). The van der Waals surface area contributed by atoms with Crippen molar-refractivity contribution in [1.82, 2.24) is 0 Å². The average Bonchev–Trinajstić information content (AvgIpc) is 2.51. The molecule has 1 heterocycles. The SMILES string of the molecule is CC1CCCCC1Nc1ccccc1N1CCCCC1. The van der Waals surface area contributed by atoms with Crippen molar-refractivity contribution in [2.75, 3.05) is 23.3 Å². The second-order valence-corrected chi connectivity index (χ2v) is 6.58. The summed E-state index contributed by atoms with van der Waals surface area (Å²) in [5, 5.41) is 3.85. The molecule has 1 aromatic rings. The molecule has 0 spiro atoms. The number of rotatable bonds is 3. The number of benzene rings is 1. The summed E-state index contributed by atoms with van der Waals surface area (Å²) in [6.45, 7) is 4.85. The molecular formula is C18H28N2. The summed E-state index contributed by atoms with van der Waals surface area (Å²) in [5.74, 6) is 0.804. The Hall–Kier alpha value is -1.18.